The lowest BCUT2D eigenvalue weighted by atomic mass is 9.86. The van der Waals surface area contributed by atoms with Gasteiger partial charge in [-0.3, -0.25) is 9.78 Å². The maximum atomic E-state index is 13.1. The molecule has 0 bridgehead atoms. The third-order valence-electron chi connectivity index (χ3n) is 5.51. The molecule has 4 rings (SSSR count). The monoisotopic (exact) mass is 437 g/mol. The van der Waals surface area contributed by atoms with Gasteiger partial charge in [-0.05, 0) is 52.9 Å². The van der Waals surface area contributed by atoms with Crippen molar-refractivity contribution >= 4 is 28.3 Å². The second kappa shape index (κ2) is 9.33. The van der Waals surface area contributed by atoms with Gasteiger partial charge >= 0.3 is 0 Å². The fourth-order valence-electron chi connectivity index (χ4n) is 3.54. The summed E-state index contributed by atoms with van der Waals surface area (Å²) in [6.45, 7) is 6.53. The first kappa shape index (κ1) is 22.3. The number of para-hydroxylation sites is 2. The number of rotatable bonds is 6. The van der Waals surface area contributed by atoms with Crippen LogP contribution >= 0.6 is 0 Å². The van der Waals surface area contributed by atoms with Crippen molar-refractivity contribution in [3.63, 3.8) is 0 Å². The lowest BCUT2D eigenvalue weighted by Crippen LogP contribution is -2.13. The van der Waals surface area contributed by atoms with E-state index in [4.69, 9.17) is 9.73 Å². The van der Waals surface area contributed by atoms with Gasteiger partial charge < -0.3 is 4.74 Å². The molecule has 0 fully saturated rings. The minimum Gasteiger partial charge on any atom is -0.497 e. The largest absolute Gasteiger partial charge is 0.497 e. The van der Waals surface area contributed by atoms with Gasteiger partial charge in [0.05, 0.1) is 36.5 Å². The molecular formula is C28H27N3O2. The lowest BCUT2D eigenvalue weighted by Gasteiger charge is -2.19. The van der Waals surface area contributed by atoms with E-state index in [0.717, 1.165) is 16.6 Å². The second-order valence-electron chi connectivity index (χ2n) is 8.93. The highest BCUT2D eigenvalue weighted by molar-refractivity contribution is 6.16. The minimum absolute atomic E-state index is 0.0231. The van der Waals surface area contributed by atoms with Crippen molar-refractivity contribution in [3.05, 3.63) is 95.7 Å². The van der Waals surface area contributed by atoms with Gasteiger partial charge in [0.25, 0.3) is 0 Å². The number of carbonyl (C=O) groups is 1. The number of ketones is 1. The molecule has 0 unspecified atom stereocenters. The fourth-order valence-corrected chi connectivity index (χ4v) is 3.54. The maximum Gasteiger partial charge on any atom is 0.171 e. The van der Waals surface area contributed by atoms with Gasteiger partial charge in [-0.2, -0.15) is 0 Å². The highest BCUT2D eigenvalue weighted by Gasteiger charge is 2.16. The van der Waals surface area contributed by atoms with Crippen molar-refractivity contribution in [1.82, 2.24) is 9.97 Å². The zero-order valence-electron chi connectivity index (χ0n) is 19.4. The van der Waals surface area contributed by atoms with E-state index in [1.807, 2.05) is 36.4 Å². The van der Waals surface area contributed by atoms with E-state index in [9.17, 15) is 4.79 Å². The molecule has 0 N–H and O–H groups in total. The van der Waals surface area contributed by atoms with Crippen LogP contribution in [0.4, 0.5) is 5.82 Å². The quantitative estimate of drug-likeness (QED) is 0.261. The molecule has 0 amide bonds. The summed E-state index contributed by atoms with van der Waals surface area (Å²) in [5.74, 6) is 1.17. The van der Waals surface area contributed by atoms with Crippen LogP contribution in [0.15, 0.2) is 84.0 Å². The van der Waals surface area contributed by atoms with E-state index in [-0.39, 0.29) is 17.6 Å². The predicted octanol–water partition coefficient (Wildman–Crippen LogP) is 6.33. The Bertz CT molecular complexity index is 1300. The molecule has 0 aliphatic rings. The zero-order valence-corrected chi connectivity index (χ0v) is 19.4. The normalized spacial score (nSPS) is 12.1. The molecule has 0 aliphatic heterocycles. The molecule has 0 spiro atoms. The van der Waals surface area contributed by atoms with Crippen LogP contribution in [0.3, 0.4) is 0 Å². The third kappa shape index (κ3) is 5.32. The first-order valence-corrected chi connectivity index (χ1v) is 10.9. The summed E-state index contributed by atoms with van der Waals surface area (Å²) < 4.78 is 5.20. The van der Waals surface area contributed by atoms with E-state index in [1.54, 1.807) is 37.6 Å². The summed E-state index contributed by atoms with van der Waals surface area (Å²) in [6.07, 6.45) is 1.79. The SMILES string of the molecule is COc1ccc(C(=O)CC(=Nc2cnc3ccccc3n2)c2ccc(C(C)(C)C)cc2)cc1. The van der Waals surface area contributed by atoms with Crippen LogP contribution in [0.25, 0.3) is 11.0 Å². The number of nitrogens with zero attached hydrogens (tertiary/aromatic N) is 3. The third-order valence-corrected chi connectivity index (χ3v) is 5.51. The predicted molar refractivity (Wildman–Crippen MR) is 133 cm³/mol. The van der Waals surface area contributed by atoms with E-state index < -0.39 is 0 Å². The van der Waals surface area contributed by atoms with E-state index in [0.29, 0.717) is 22.8 Å². The van der Waals surface area contributed by atoms with Crippen molar-refractivity contribution in [2.24, 2.45) is 4.99 Å². The Labute approximate surface area is 194 Å². The highest BCUT2D eigenvalue weighted by atomic mass is 16.5. The molecule has 5 heteroatoms. The molecule has 1 aromatic heterocycles. The molecule has 1 heterocycles. The zero-order chi connectivity index (χ0) is 23.4. The number of aliphatic imine (C=N–C) groups is 1. The Balaban J connectivity index is 1.71. The summed E-state index contributed by atoms with van der Waals surface area (Å²) in [5.41, 5.74) is 4.99. The van der Waals surface area contributed by atoms with Crippen molar-refractivity contribution in [3.8, 4) is 5.75 Å². The number of fused-ring (bicyclic) bond motifs is 1. The molecule has 3 aromatic carbocycles. The van der Waals surface area contributed by atoms with Crippen LogP contribution in [0, 0.1) is 0 Å². The maximum absolute atomic E-state index is 13.1. The minimum atomic E-state index is -0.0231. The smallest absolute Gasteiger partial charge is 0.171 e. The summed E-state index contributed by atoms with van der Waals surface area (Å²) in [4.78, 5) is 27.0. The molecule has 5 nitrogen and oxygen atoms in total. The topological polar surface area (TPSA) is 64.4 Å². The molecular weight excluding hydrogens is 410 g/mol. The van der Waals surface area contributed by atoms with E-state index >= 15 is 0 Å². The van der Waals surface area contributed by atoms with Gasteiger partial charge in [0.2, 0.25) is 0 Å². The number of methoxy groups -OCH3 is 1. The van der Waals surface area contributed by atoms with Gasteiger partial charge in [-0.15, -0.1) is 0 Å². The summed E-state index contributed by atoms with van der Waals surface area (Å²) >= 11 is 0. The van der Waals surface area contributed by atoms with E-state index in [1.165, 1.54) is 5.56 Å². The Hall–Kier alpha value is -3.86. The van der Waals surface area contributed by atoms with Crippen LogP contribution in [0.5, 0.6) is 5.75 Å². The molecule has 0 radical (unpaired) electrons. The molecule has 0 atom stereocenters. The molecule has 166 valence electrons. The van der Waals surface area contributed by atoms with Crippen LogP contribution < -0.4 is 4.74 Å². The fraction of sp³-hybridized carbons (Fsp3) is 0.214. The first-order valence-electron chi connectivity index (χ1n) is 10.9. The molecule has 0 saturated carbocycles. The van der Waals surface area contributed by atoms with Gasteiger partial charge in [0.15, 0.2) is 11.6 Å². The van der Waals surface area contributed by atoms with Gasteiger partial charge in [-0.1, -0.05) is 57.2 Å². The summed E-state index contributed by atoms with van der Waals surface area (Å²) in [7, 11) is 1.60. The Kier molecular flexibility index (Phi) is 6.31. The van der Waals surface area contributed by atoms with Crippen LogP contribution in [0.1, 0.15) is 48.7 Å². The van der Waals surface area contributed by atoms with E-state index in [2.05, 4.69) is 42.9 Å². The average molecular weight is 438 g/mol. The Morgan fingerprint density at radius 1 is 0.879 bits per heavy atom. The summed E-state index contributed by atoms with van der Waals surface area (Å²) in [5, 5.41) is 0. The number of carbonyl (C=O) groups excluding carboxylic acids is 1. The molecule has 0 saturated heterocycles. The number of Topliss-reactive ketones (excluding diaryl/α,β-unsaturated/α-hetero) is 1. The Morgan fingerprint density at radius 3 is 2.15 bits per heavy atom. The number of hydrogen-bond acceptors (Lipinski definition) is 5. The average Bonchev–Trinajstić information content (AvgIpc) is 2.83. The standard InChI is InChI=1S/C28H27N3O2/c1-28(2,3)21-13-9-19(10-14-21)25(17-26(32)20-11-15-22(33-4)16-12-20)31-27-18-29-23-7-5-6-8-24(23)30-27/h5-16,18H,17H2,1-4H3. The van der Waals surface area contributed by atoms with Crippen molar-refractivity contribution in [2.45, 2.75) is 32.6 Å². The summed E-state index contributed by atoms with van der Waals surface area (Å²) in [6, 6.07) is 23.0. The molecule has 4 aromatic rings. The molecule has 33 heavy (non-hydrogen) atoms. The highest BCUT2D eigenvalue weighted by Crippen LogP contribution is 2.24. The number of aromatic nitrogens is 2. The van der Waals surface area contributed by atoms with Gasteiger partial charge in [0, 0.05) is 5.56 Å². The Morgan fingerprint density at radius 2 is 1.52 bits per heavy atom. The van der Waals surface area contributed by atoms with Crippen molar-refractivity contribution in [2.75, 3.05) is 7.11 Å². The van der Waals surface area contributed by atoms with Crippen LogP contribution in [-0.2, 0) is 5.41 Å². The van der Waals surface area contributed by atoms with Gasteiger partial charge in [-0.25, -0.2) is 9.98 Å². The number of benzene rings is 3. The lowest BCUT2D eigenvalue weighted by molar-refractivity contribution is 0.100. The molecule has 0 aliphatic carbocycles. The second-order valence-corrected chi connectivity index (χ2v) is 8.93. The van der Waals surface area contributed by atoms with Gasteiger partial charge in [0.1, 0.15) is 5.75 Å². The van der Waals surface area contributed by atoms with Crippen molar-refractivity contribution in [1.29, 1.82) is 0 Å². The number of hydrogen-bond donors (Lipinski definition) is 0. The number of ether oxygens (including phenoxy) is 1. The van der Waals surface area contributed by atoms with Crippen molar-refractivity contribution < 1.29 is 9.53 Å². The van der Waals surface area contributed by atoms with Crippen LogP contribution in [-0.4, -0.2) is 28.6 Å². The first-order chi connectivity index (χ1) is 15.8. The van der Waals surface area contributed by atoms with Crippen LogP contribution in [0.2, 0.25) is 0 Å².